The van der Waals surface area contributed by atoms with E-state index in [1.54, 1.807) is 0 Å². The van der Waals surface area contributed by atoms with Crippen molar-refractivity contribution in [2.24, 2.45) is 0 Å². The molecule has 0 aliphatic carbocycles. The highest BCUT2D eigenvalue weighted by Crippen LogP contribution is 2.47. The Bertz CT molecular complexity index is 3550. The predicted molar refractivity (Wildman–Crippen MR) is 173 cm³/mol. The summed E-state index contributed by atoms with van der Waals surface area (Å²) >= 11 is 0. The Labute approximate surface area is 270 Å². The van der Waals surface area contributed by atoms with E-state index in [1.165, 1.54) is 0 Å². The zero-order chi connectivity index (χ0) is 49.1. The first-order chi connectivity index (χ1) is 30.7. The molecule has 0 saturated heterocycles. The molecule has 0 aliphatic rings. The van der Waals surface area contributed by atoms with Gasteiger partial charge in [-0.25, -0.2) is 0 Å². The highest BCUT2D eigenvalue weighted by molar-refractivity contribution is 6.24. The van der Waals surface area contributed by atoms with Crippen LogP contribution in [0.1, 0.15) is 35.6 Å². The molecular formula is C40H26. The number of hydrogen-bond acceptors (Lipinski definition) is 0. The van der Waals surface area contributed by atoms with Gasteiger partial charge in [0.25, 0.3) is 0 Å². The van der Waals surface area contributed by atoms with Crippen LogP contribution in [0.2, 0.25) is 0 Å². The molecule has 0 amide bonds. The fourth-order valence-electron chi connectivity index (χ4n) is 4.81. The molecule has 0 unspecified atom stereocenters. The first-order valence-electron chi connectivity index (χ1n) is 24.8. The van der Waals surface area contributed by atoms with Gasteiger partial charge in [0.05, 0.1) is 35.6 Å². The van der Waals surface area contributed by atoms with E-state index in [2.05, 4.69) is 0 Å². The van der Waals surface area contributed by atoms with Crippen LogP contribution in [-0.2, 0) is 0 Å². The second kappa shape index (κ2) is 9.22. The van der Waals surface area contributed by atoms with Crippen LogP contribution in [0.25, 0.3) is 76.5 Å². The third-order valence-corrected chi connectivity index (χ3v) is 6.44. The molecule has 0 saturated carbocycles. The molecule has 0 spiro atoms. The molecule has 40 heavy (non-hydrogen) atoms. The molecule has 8 aromatic carbocycles. The first kappa shape index (κ1) is 8.65. The Balaban J connectivity index is 1.83. The van der Waals surface area contributed by atoms with Crippen LogP contribution in [0.5, 0.6) is 0 Å². The molecule has 0 atom stereocenters. The third-order valence-electron chi connectivity index (χ3n) is 6.44. The second-order valence-electron chi connectivity index (χ2n) is 8.50. The Hall–Kier alpha value is -5.20. The average Bonchev–Trinajstić information content (AvgIpc) is 3.29. The summed E-state index contributed by atoms with van der Waals surface area (Å²) in [6, 6.07) is -25.1. The smallest absolute Gasteiger partial charge is 0.0616 e. The van der Waals surface area contributed by atoms with E-state index >= 15 is 0 Å². The van der Waals surface area contributed by atoms with Crippen LogP contribution in [0.4, 0.5) is 0 Å². The predicted octanol–water partition coefficient (Wildman–Crippen LogP) is 11.3. The summed E-state index contributed by atoms with van der Waals surface area (Å²) in [7, 11) is 0. The van der Waals surface area contributed by atoms with Crippen molar-refractivity contribution in [2.45, 2.75) is 0 Å². The summed E-state index contributed by atoms with van der Waals surface area (Å²) in [4.78, 5) is 0. The molecule has 0 aromatic heterocycles. The number of fused-ring (bicyclic) bond motifs is 4. The maximum Gasteiger partial charge on any atom is 0.0629 e. The fourth-order valence-corrected chi connectivity index (χ4v) is 4.81. The van der Waals surface area contributed by atoms with Gasteiger partial charge in [-0.1, -0.05) is 157 Å². The third kappa shape index (κ3) is 3.47. The quantitative estimate of drug-likeness (QED) is 0.198. The minimum Gasteiger partial charge on any atom is -0.0616 e. The van der Waals surface area contributed by atoms with Crippen molar-refractivity contribution in [3.8, 4) is 33.4 Å². The van der Waals surface area contributed by atoms with E-state index < -0.39 is 234 Å². The summed E-state index contributed by atoms with van der Waals surface area (Å²) in [6.07, 6.45) is 0. The van der Waals surface area contributed by atoms with Crippen LogP contribution < -0.4 is 0 Å². The Kier molecular flexibility index (Phi) is 1.99. The van der Waals surface area contributed by atoms with Crippen LogP contribution in [0, 0.1) is 0 Å². The van der Waals surface area contributed by atoms with E-state index in [4.69, 9.17) is 24.7 Å². The summed E-state index contributed by atoms with van der Waals surface area (Å²) in [5, 5.41) is -5.68. The van der Waals surface area contributed by atoms with Crippen molar-refractivity contribution in [1.82, 2.24) is 0 Å². The van der Waals surface area contributed by atoms with Gasteiger partial charge in [0.2, 0.25) is 0 Å². The molecule has 0 heterocycles. The molecule has 0 aliphatic heterocycles. The molecule has 0 bridgehead atoms. The van der Waals surface area contributed by atoms with Gasteiger partial charge in [0.15, 0.2) is 0 Å². The molecule has 8 rings (SSSR count). The number of rotatable bonds is 3. The molecule has 0 nitrogen and oxygen atoms in total. The molecule has 186 valence electrons. The largest absolute Gasteiger partial charge is 0.0629 e. The lowest BCUT2D eigenvalue weighted by Crippen LogP contribution is -1.93. The normalized spacial score (nSPS) is 20.6. The van der Waals surface area contributed by atoms with Crippen molar-refractivity contribution in [3.63, 3.8) is 0 Å². The monoisotopic (exact) mass is 532 g/mol. The zero-order valence-corrected chi connectivity index (χ0v) is 20.0. The van der Waals surface area contributed by atoms with Gasteiger partial charge in [-0.2, -0.15) is 0 Å². The SMILES string of the molecule is [2H]c1c([2H])c([2H])c(-c2c3c([2H])c([2H])c([2H])c([2H])c3c(-c3c([2H])c([2H])c([2H])c4c([2H])c([2H])c([2H])c([2H])c34)c3c([2H])c([2H])c([2H])c([2H])c23)c(-c2c([2H])c([2H])c([2H])c3c([2H])c([2H])c([2H])c([2H])c23)c1[2H]. The first-order valence-corrected chi connectivity index (χ1v) is 11.8. The van der Waals surface area contributed by atoms with Gasteiger partial charge in [-0.15, -0.1) is 0 Å². The van der Waals surface area contributed by atoms with Crippen molar-refractivity contribution >= 4 is 43.1 Å². The van der Waals surface area contributed by atoms with Crippen molar-refractivity contribution in [1.29, 1.82) is 0 Å². The summed E-state index contributed by atoms with van der Waals surface area (Å²) in [5.41, 5.74) is -4.74. The van der Waals surface area contributed by atoms with E-state index in [9.17, 15) is 11.0 Å². The highest BCUT2D eigenvalue weighted by atomic mass is 14.2. The second-order valence-corrected chi connectivity index (χ2v) is 8.50. The lowest BCUT2D eigenvalue weighted by atomic mass is 9.82. The fraction of sp³-hybridized carbons (Fsp3) is 0. The van der Waals surface area contributed by atoms with Crippen LogP contribution >= 0.6 is 0 Å². The summed E-state index contributed by atoms with van der Waals surface area (Å²) in [6.45, 7) is 0. The maximum atomic E-state index is 9.47. The summed E-state index contributed by atoms with van der Waals surface area (Å²) < 4.78 is 232. The molecule has 0 radical (unpaired) electrons. The Morgan fingerprint density at radius 3 is 1.12 bits per heavy atom. The zero-order valence-electron chi connectivity index (χ0n) is 46.0. The lowest BCUT2D eigenvalue weighted by molar-refractivity contribution is 1.63. The molecular weight excluding hydrogens is 480 g/mol. The molecule has 0 heteroatoms. The molecule has 8 aromatic rings. The van der Waals surface area contributed by atoms with E-state index in [0.29, 0.717) is 0 Å². The Morgan fingerprint density at radius 1 is 0.250 bits per heavy atom. The van der Waals surface area contributed by atoms with Gasteiger partial charge in [0, 0.05) is 0 Å². The van der Waals surface area contributed by atoms with Gasteiger partial charge in [-0.05, 0) is 76.5 Å². The number of benzene rings is 8. The Morgan fingerprint density at radius 2 is 0.575 bits per heavy atom. The van der Waals surface area contributed by atoms with E-state index in [-0.39, 0.29) is 0 Å². The standard InChI is InChI=1S/C40H26/c1-3-17-29-27(13-1)15-11-25-31(29)32-19-5-6-20-34(32)40-37-23-9-7-21-35(37)39(36-22-8-10-24-38(36)40)33-26-12-16-28-14-2-4-18-30(28)33/h1-26H/i1D,2D,3D,4D,5D,6D,7D,8D,9D,10D,11D,12D,13D,14D,15D,16D,17D,18D,19D,20D,21D,22D,23D,24D,25D,26D. The van der Waals surface area contributed by atoms with Crippen molar-refractivity contribution < 1.29 is 35.6 Å². The average molecular weight is 533 g/mol. The molecule has 0 fully saturated rings. The summed E-state index contributed by atoms with van der Waals surface area (Å²) in [5.74, 6) is 0. The van der Waals surface area contributed by atoms with Gasteiger partial charge < -0.3 is 0 Å². The minimum absolute atomic E-state index is 0.632. The van der Waals surface area contributed by atoms with Gasteiger partial charge in [0.1, 0.15) is 0 Å². The van der Waals surface area contributed by atoms with E-state index in [1.807, 2.05) is 0 Å². The van der Waals surface area contributed by atoms with Crippen LogP contribution in [0.3, 0.4) is 0 Å². The minimum atomic E-state index is -1.08. The lowest BCUT2D eigenvalue weighted by Gasteiger charge is -2.20. The topological polar surface area (TPSA) is 0 Å². The highest BCUT2D eigenvalue weighted by Gasteiger charge is 2.20. The van der Waals surface area contributed by atoms with Gasteiger partial charge in [-0.3, -0.25) is 0 Å². The molecule has 0 N–H and O–H groups in total. The van der Waals surface area contributed by atoms with Gasteiger partial charge >= 0.3 is 0 Å². The van der Waals surface area contributed by atoms with Crippen molar-refractivity contribution in [3.05, 3.63) is 157 Å². The van der Waals surface area contributed by atoms with E-state index in [0.717, 1.165) is 0 Å². The maximum absolute atomic E-state index is 9.47. The van der Waals surface area contributed by atoms with Crippen molar-refractivity contribution in [2.75, 3.05) is 0 Å². The number of hydrogen-bond donors (Lipinski definition) is 0. The van der Waals surface area contributed by atoms with Crippen LogP contribution in [0.15, 0.2) is 157 Å². The van der Waals surface area contributed by atoms with Crippen LogP contribution in [-0.4, -0.2) is 0 Å².